The number of methoxy groups -OCH3 is 1. The van der Waals surface area contributed by atoms with E-state index in [0.29, 0.717) is 31.8 Å². The summed E-state index contributed by atoms with van der Waals surface area (Å²) in [5.41, 5.74) is -0.880. The minimum absolute atomic E-state index is 0.363. The van der Waals surface area contributed by atoms with E-state index >= 15 is 0 Å². The summed E-state index contributed by atoms with van der Waals surface area (Å²) < 4.78 is 18.0. The summed E-state index contributed by atoms with van der Waals surface area (Å²) in [7, 11) is 1.60. The normalized spacial score (nSPS) is 19.6. The lowest BCUT2D eigenvalue weighted by Crippen LogP contribution is -2.44. The van der Waals surface area contributed by atoms with Crippen molar-refractivity contribution in [1.29, 1.82) is 0 Å². The molecule has 1 aliphatic heterocycles. The average Bonchev–Trinajstić information content (AvgIpc) is 2.82. The standard InChI is InChI=1S/C17H23FN4O4/c1-17(12-3-5-13(18)6-4-12)15(24)22(16(25)21-17)11-14(23)20-8-7-19-9-10-26-2/h3-6,19H,7-11H2,1-2H3,(H,20,23)(H,21,25). The molecule has 0 bridgehead atoms. The lowest BCUT2D eigenvalue weighted by molar-refractivity contribution is -0.134. The van der Waals surface area contributed by atoms with Crippen molar-refractivity contribution < 1.29 is 23.5 Å². The molecule has 1 atom stereocenters. The summed E-state index contributed by atoms with van der Waals surface area (Å²) in [6.45, 7) is 3.29. The molecule has 3 N–H and O–H groups in total. The first-order valence-electron chi connectivity index (χ1n) is 8.25. The Hall–Kier alpha value is -2.52. The van der Waals surface area contributed by atoms with Crippen LogP contribution in [0.5, 0.6) is 0 Å². The van der Waals surface area contributed by atoms with Gasteiger partial charge in [-0.3, -0.25) is 14.5 Å². The molecule has 1 saturated heterocycles. The van der Waals surface area contributed by atoms with Crippen LogP contribution in [0.3, 0.4) is 0 Å². The maximum Gasteiger partial charge on any atom is 0.325 e. The first-order valence-corrected chi connectivity index (χ1v) is 8.25. The van der Waals surface area contributed by atoms with Gasteiger partial charge in [0.15, 0.2) is 0 Å². The van der Waals surface area contributed by atoms with Gasteiger partial charge in [-0.1, -0.05) is 12.1 Å². The highest BCUT2D eigenvalue weighted by Gasteiger charge is 2.49. The minimum atomic E-state index is -1.33. The number of benzene rings is 1. The number of carbonyl (C=O) groups excluding carboxylic acids is 3. The van der Waals surface area contributed by atoms with Crippen molar-refractivity contribution in [1.82, 2.24) is 20.9 Å². The number of nitrogens with one attached hydrogen (secondary N) is 3. The Kier molecular flexibility index (Phi) is 6.64. The fourth-order valence-corrected chi connectivity index (χ4v) is 2.61. The van der Waals surface area contributed by atoms with E-state index in [2.05, 4.69) is 16.0 Å². The Labute approximate surface area is 151 Å². The molecule has 0 saturated carbocycles. The van der Waals surface area contributed by atoms with E-state index in [-0.39, 0.29) is 6.54 Å². The van der Waals surface area contributed by atoms with Gasteiger partial charge in [-0.05, 0) is 24.6 Å². The topological polar surface area (TPSA) is 99.8 Å². The quantitative estimate of drug-likeness (QED) is 0.420. The maximum atomic E-state index is 13.1. The Bertz CT molecular complexity index is 667. The molecule has 1 aromatic carbocycles. The van der Waals surface area contributed by atoms with Crippen LogP contribution in [-0.4, -0.2) is 62.6 Å². The van der Waals surface area contributed by atoms with Crippen molar-refractivity contribution >= 4 is 17.8 Å². The fourth-order valence-electron chi connectivity index (χ4n) is 2.61. The van der Waals surface area contributed by atoms with Crippen LogP contribution >= 0.6 is 0 Å². The summed E-state index contributed by atoms with van der Waals surface area (Å²) in [4.78, 5) is 37.6. The largest absolute Gasteiger partial charge is 0.383 e. The molecule has 2 rings (SSSR count). The summed E-state index contributed by atoms with van der Waals surface area (Å²) in [5.74, 6) is -1.43. The second-order valence-electron chi connectivity index (χ2n) is 6.05. The first-order chi connectivity index (χ1) is 12.4. The second-order valence-corrected chi connectivity index (χ2v) is 6.05. The van der Waals surface area contributed by atoms with Crippen molar-refractivity contribution in [2.75, 3.05) is 39.9 Å². The van der Waals surface area contributed by atoms with Crippen LogP contribution in [0.25, 0.3) is 0 Å². The summed E-state index contributed by atoms with van der Waals surface area (Å²) in [5, 5.41) is 8.27. The first kappa shape index (κ1) is 19.8. The fraction of sp³-hybridized carbons (Fsp3) is 0.471. The number of nitrogens with zero attached hydrogens (tertiary/aromatic N) is 1. The number of amides is 4. The highest BCUT2D eigenvalue weighted by molar-refractivity contribution is 6.09. The predicted molar refractivity (Wildman–Crippen MR) is 91.8 cm³/mol. The van der Waals surface area contributed by atoms with Crippen molar-refractivity contribution in [3.05, 3.63) is 35.6 Å². The Morgan fingerprint density at radius 2 is 1.92 bits per heavy atom. The van der Waals surface area contributed by atoms with Gasteiger partial charge in [0.05, 0.1) is 6.61 Å². The number of hydrogen-bond acceptors (Lipinski definition) is 5. The van der Waals surface area contributed by atoms with E-state index < -0.39 is 29.2 Å². The molecule has 0 aromatic heterocycles. The molecule has 1 fully saturated rings. The average molecular weight is 366 g/mol. The van der Waals surface area contributed by atoms with Gasteiger partial charge in [0.2, 0.25) is 5.91 Å². The Balaban J connectivity index is 1.90. The molecule has 0 spiro atoms. The third-order valence-electron chi connectivity index (χ3n) is 4.11. The number of ether oxygens (including phenoxy) is 1. The number of urea groups is 1. The van der Waals surface area contributed by atoms with Crippen LogP contribution in [0.1, 0.15) is 12.5 Å². The summed E-state index contributed by atoms with van der Waals surface area (Å²) in [6.07, 6.45) is 0. The van der Waals surface area contributed by atoms with E-state index in [9.17, 15) is 18.8 Å². The summed E-state index contributed by atoms with van der Waals surface area (Å²) in [6, 6.07) is 4.64. The molecule has 8 nitrogen and oxygen atoms in total. The van der Waals surface area contributed by atoms with E-state index in [1.54, 1.807) is 7.11 Å². The van der Waals surface area contributed by atoms with Crippen LogP contribution in [0.4, 0.5) is 9.18 Å². The van der Waals surface area contributed by atoms with Crippen molar-refractivity contribution in [2.45, 2.75) is 12.5 Å². The number of hydrogen-bond donors (Lipinski definition) is 3. The third kappa shape index (κ3) is 4.55. The van der Waals surface area contributed by atoms with Gasteiger partial charge in [0, 0.05) is 26.7 Å². The molecule has 4 amide bonds. The molecular weight excluding hydrogens is 343 g/mol. The molecule has 9 heteroatoms. The molecule has 0 aliphatic carbocycles. The summed E-state index contributed by atoms with van der Waals surface area (Å²) >= 11 is 0. The zero-order valence-corrected chi connectivity index (χ0v) is 14.8. The Morgan fingerprint density at radius 3 is 2.58 bits per heavy atom. The van der Waals surface area contributed by atoms with Crippen molar-refractivity contribution in [3.8, 4) is 0 Å². The van der Waals surface area contributed by atoms with Gasteiger partial charge in [-0.2, -0.15) is 0 Å². The lowest BCUT2D eigenvalue weighted by Gasteiger charge is -2.22. The maximum absolute atomic E-state index is 13.1. The number of imide groups is 1. The van der Waals surface area contributed by atoms with E-state index in [1.807, 2.05) is 0 Å². The highest BCUT2D eigenvalue weighted by atomic mass is 19.1. The van der Waals surface area contributed by atoms with Crippen LogP contribution in [-0.2, 0) is 19.9 Å². The monoisotopic (exact) mass is 366 g/mol. The molecule has 0 radical (unpaired) electrons. The van der Waals surface area contributed by atoms with Crippen LogP contribution in [0.2, 0.25) is 0 Å². The zero-order valence-electron chi connectivity index (χ0n) is 14.8. The van der Waals surface area contributed by atoms with Gasteiger partial charge in [0.25, 0.3) is 5.91 Å². The Morgan fingerprint density at radius 1 is 1.23 bits per heavy atom. The highest BCUT2D eigenvalue weighted by Crippen LogP contribution is 2.28. The van der Waals surface area contributed by atoms with Gasteiger partial charge < -0.3 is 20.7 Å². The number of halogens is 1. The van der Waals surface area contributed by atoms with E-state index in [1.165, 1.54) is 31.2 Å². The number of carbonyl (C=O) groups is 3. The van der Waals surface area contributed by atoms with Crippen LogP contribution in [0.15, 0.2) is 24.3 Å². The smallest absolute Gasteiger partial charge is 0.325 e. The molecule has 26 heavy (non-hydrogen) atoms. The third-order valence-corrected chi connectivity index (χ3v) is 4.11. The molecule has 142 valence electrons. The lowest BCUT2D eigenvalue weighted by atomic mass is 9.92. The van der Waals surface area contributed by atoms with E-state index in [4.69, 9.17) is 4.74 Å². The number of rotatable bonds is 9. The molecule has 1 aliphatic rings. The van der Waals surface area contributed by atoms with Gasteiger partial charge in [-0.15, -0.1) is 0 Å². The van der Waals surface area contributed by atoms with E-state index in [0.717, 1.165) is 4.90 Å². The second kappa shape index (κ2) is 8.72. The zero-order chi connectivity index (χ0) is 19.2. The van der Waals surface area contributed by atoms with Crippen LogP contribution < -0.4 is 16.0 Å². The van der Waals surface area contributed by atoms with Crippen LogP contribution in [0, 0.1) is 5.82 Å². The van der Waals surface area contributed by atoms with Crippen molar-refractivity contribution in [2.24, 2.45) is 0 Å². The minimum Gasteiger partial charge on any atom is -0.383 e. The molecule has 1 aromatic rings. The van der Waals surface area contributed by atoms with Gasteiger partial charge in [0.1, 0.15) is 17.9 Å². The molecule has 1 unspecified atom stereocenters. The van der Waals surface area contributed by atoms with Gasteiger partial charge >= 0.3 is 6.03 Å². The molecule has 1 heterocycles. The molecular formula is C17H23FN4O4. The predicted octanol–water partition coefficient (Wildman–Crippen LogP) is -0.0551. The van der Waals surface area contributed by atoms with Gasteiger partial charge in [-0.25, -0.2) is 9.18 Å². The van der Waals surface area contributed by atoms with Crippen molar-refractivity contribution in [3.63, 3.8) is 0 Å². The SMILES string of the molecule is COCCNCCNC(=O)CN1C(=O)NC(C)(c2ccc(F)cc2)C1=O.